The molecule has 0 aliphatic carbocycles. The Morgan fingerprint density at radius 2 is 2.25 bits per heavy atom. The van der Waals surface area contributed by atoms with Crippen LogP contribution in [0.3, 0.4) is 0 Å². The molecule has 0 spiro atoms. The lowest BCUT2D eigenvalue weighted by molar-refractivity contribution is 0.0999. The molecular weight excluding hydrogens is 263 g/mol. The zero-order valence-corrected chi connectivity index (χ0v) is 11.3. The second kappa shape index (κ2) is 5.73. The van der Waals surface area contributed by atoms with Gasteiger partial charge in [0.1, 0.15) is 12.4 Å². The number of amides is 1. The van der Waals surface area contributed by atoms with E-state index >= 15 is 0 Å². The molecule has 0 aliphatic heterocycles. The number of hydrogen-bond donors (Lipinski definition) is 1. The minimum Gasteiger partial charge on any atom is -0.486 e. The maximum Gasteiger partial charge on any atom is 0.248 e. The summed E-state index contributed by atoms with van der Waals surface area (Å²) >= 11 is 0. The molecule has 0 saturated carbocycles. The number of nitrogens with zero attached hydrogens (tertiary/aromatic N) is 1. The smallest absolute Gasteiger partial charge is 0.248 e. The van der Waals surface area contributed by atoms with Crippen molar-refractivity contribution >= 4 is 5.91 Å². The highest BCUT2D eigenvalue weighted by Crippen LogP contribution is 2.22. The Labute approximate surface area is 115 Å². The molecule has 1 aromatic carbocycles. The average Bonchev–Trinajstić information content (AvgIpc) is 2.77. The molecule has 0 bridgehead atoms. The fourth-order valence-corrected chi connectivity index (χ4v) is 1.82. The van der Waals surface area contributed by atoms with Crippen LogP contribution in [0.5, 0.6) is 5.75 Å². The molecule has 0 fully saturated rings. The van der Waals surface area contributed by atoms with E-state index in [0.717, 1.165) is 23.1 Å². The van der Waals surface area contributed by atoms with Gasteiger partial charge in [0.15, 0.2) is 11.6 Å². The summed E-state index contributed by atoms with van der Waals surface area (Å²) < 4.78 is 24.3. The zero-order chi connectivity index (χ0) is 14.7. The van der Waals surface area contributed by atoms with E-state index in [9.17, 15) is 9.18 Å². The highest BCUT2D eigenvalue weighted by atomic mass is 19.1. The third-order valence-electron chi connectivity index (χ3n) is 2.98. The summed E-state index contributed by atoms with van der Waals surface area (Å²) in [7, 11) is 0. The minimum absolute atomic E-state index is 0.0534. The molecule has 20 heavy (non-hydrogen) atoms. The Kier molecular flexibility index (Phi) is 4.02. The maximum absolute atomic E-state index is 13.8. The lowest BCUT2D eigenvalue weighted by atomic mass is 10.1. The molecule has 2 rings (SSSR count). The van der Waals surface area contributed by atoms with Gasteiger partial charge in [0, 0.05) is 12.0 Å². The number of nitrogens with two attached hydrogens (primary N) is 1. The van der Waals surface area contributed by atoms with Gasteiger partial charge < -0.3 is 15.0 Å². The van der Waals surface area contributed by atoms with E-state index in [1.165, 1.54) is 12.1 Å². The fourth-order valence-electron chi connectivity index (χ4n) is 1.82. The molecule has 0 saturated heterocycles. The van der Waals surface area contributed by atoms with Gasteiger partial charge >= 0.3 is 0 Å². The van der Waals surface area contributed by atoms with Gasteiger partial charge in [-0.05, 0) is 25.1 Å². The fraction of sp³-hybridized carbons (Fsp3) is 0.286. The first kappa shape index (κ1) is 14.0. The SMILES string of the molecule is CCc1onc(C)c1COc1ccc(C(N)=O)cc1F. The predicted molar refractivity (Wildman–Crippen MR) is 69.9 cm³/mol. The average molecular weight is 278 g/mol. The Morgan fingerprint density at radius 1 is 1.50 bits per heavy atom. The van der Waals surface area contributed by atoms with Gasteiger partial charge in [0.2, 0.25) is 5.91 Å². The predicted octanol–water partition coefficient (Wildman–Crippen LogP) is 2.36. The molecule has 6 heteroatoms. The summed E-state index contributed by atoms with van der Waals surface area (Å²) in [6, 6.07) is 3.85. The van der Waals surface area contributed by atoms with Gasteiger partial charge in [-0.1, -0.05) is 12.1 Å². The van der Waals surface area contributed by atoms with Crippen LogP contribution in [0, 0.1) is 12.7 Å². The summed E-state index contributed by atoms with van der Waals surface area (Å²) in [4.78, 5) is 10.9. The van der Waals surface area contributed by atoms with Crippen molar-refractivity contribution in [1.29, 1.82) is 0 Å². The zero-order valence-electron chi connectivity index (χ0n) is 11.3. The number of halogens is 1. The topological polar surface area (TPSA) is 78.3 Å². The Morgan fingerprint density at radius 3 is 2.85 bits per heavy atom. The van der Waals surface area contributed by atoms with Gasteiger partial charge in [-0.3, -0.25) is 4.79 Å². The molecule has 1 amide bonds. The van der Waals surface area contributed by atoms with Crippen molar-refractivity contribution in [3.8, 4) is 5.75 Å². The van der Waals surface area contributed by atoms with Gasteiger partial charge in [-0.25, -0.2) is 4.39 Å². The highest BCUT2D eigenvalue weighted by molar-refractivity contribution is 5.92. The molecular formula is C14H15FN2O3. The third kappa shape index (κ3) is 2.79. The molecule has 0 unspecified atom stereocenters. The van der Waals surface area contributed by atoms with Crippen molar-refractivity contribution in [2.75, 3.05) is 0 Å². The molecule has 2 N–H and O–H groups in total. The largest absolute Gasteiger partial charge is 0.486 e. The summed E-state index contributed by atoms with van der Waals surface area (Å²) in [6.07, 6.45) is 0.683. The lowest BCUT2D eigenvalue weighted by Gasteiger charge is -2.08. The summed E-state index contributed by atoms with van der Waals surface area (Å²) in [6.45, 7) is 3.89. The number of carbonyl (C=O) groups is 1. The van der Waals surface area contributed by atoms with Crippen LogP contribution < -0.4 is 10.5 Å². The minimum atomic E-state index is -0.682. The van der Waals surface area contributed by atoms with E-state index in [-0.39, 0.29) is 17.9 Å². The molecule has 1 heterocycles. The van der Waals surface area contributed by atoms with Crippen molar-refractivity contribution in [2.24, 2.45) is 5.73 Å². The van der Waals surface area contributed by atoms with Gasteiger partial charge in [-0.2, -0.15) is 0 Å². The molecule has 0 aliphatic rings. The van der Waals surface area contributed by atoms with Crippen LogP contribution in [0.25, 0.3) is 0 Å². The molecule has 106 valence electrons. The number of benzene rings is 1. The normalized spacial score (nSPS) is 10.6. The summed E-state index contributed by atoms with van der Waals surface area (Å²) in [5.41, 5.74) is 6.71. The van der Waals surface area contributed by atoms with Crippen molar-refractivity contribution < 1.29 is 18.4 Å². The molecule has 0 radical (unpaired) electrons. The third-order valence-corrected chi connectivity index (χ3v) is 2.98. The quantitative estimate of drug-likeness (QED) is 0.910. The molecule has 2 aromatic rings. The van der Waals surface area contributed by atoms with Crippen molar-refractivity contribution in [1.82, 2.24) is 5.16 Å². The summed E-state index contributed by atoms with van der Waals surface area (Å²) in [5, 5.41) is 3.85. The molecule has 1 aromatic heterocycles. The number of hydrogen-bond acceptors (Lipinski definition) is 4. The van der Waals surface area contributed by atoms with Crippen LogP contribution in [0.1, 0.15) is 34.3 Å². The molecule has 5 nitrogen and oxygen atoms in total. The number of carbonyl (C=O) groups excluding carboxylic acids is 1. The van der Waals surface area contributed by atoms with Crippen LogP contribution in [-0.2, 0) is 13.0 Å². The van der Waals surface area contributed by atoms with Crippen molar-refractivity contribution in [2.45, 2.75) is 26.9 Å². The second-order valence-electron chi connectivity index (χ2n) is 4.32. The van der Waals surface area contributed by atoms with E-state index in [1.54, 1.807) is 6.92 Å². The monoisotopic (exact) mass is 278 g/mol. The maximum atomic E-state index is 13.8. The Balaban J connectivity index is 2.15. The second-order valence-corrected chi connectivity index (χ2v) is 4.32. The Bertz CT molecular complexity index is 637. The molecule has 0 atom stereocenters. The van der Waals surface area contributed by atoms with E-state index < -0.39 is 11.7 Å². The van der Waals surface area contributed by atoms with Gasteiger partial charge in [-0.15, -0.1) is 0 Å². The number of aryl methyl sites for hydroxylation is 2. The number of primary amides is 1. The van der Waals surface area contributed by atoms with E-state index in [4.69, 9.17) is 15.0 Å². The van der Waals surface area contributed by atoms with Crippen LogP contribution in [0.2, 0.25) is 0 Å². The Hall–Kier alpha value is -2.37. The standard InChI is InChI=1S/C14H15FN2O3/c1-3-12-10(8(2)17-20-12)7-19-13-5-4-9(14(16)18)6-11(13)15/h4-6H,3,7H2,1-2H3,(H2,16,18). The van der Waals surface area contributed by atoms with Crippen LogP contribution in [0.4, 0.5) is 4.39 Å². The lowest BCUT2D eigenvalue weighted by Crippen LogP contribution is -2.11. The number of rotatable bonds is 5. The summed E-state index contributed by atoms with van der Waals surface area (Å²) in [5.74, 6) is -0.540. The van der Waals surface area contributed by atoms with Gasteiger partial charge in [0.25, 0.3) is 0 Å². The van der Waals surface area contributed by atoms with Crippen molar-refractivity contribution in [3.05, 3.63) is 46.6 Å². The van der Waals surface area contributed by atoms with Crippen LogP contribution in [-0.4, -0.2) is 11.1 Å². The first-order valence-corrected chi connectivity index (χ1v) is 6.19. The number of ether oxygens (including phenoxy) is 1. The van der Waals surface area contributed by atoms with E-state index in [1.807, 2.05) is 6.92 Å². The highest BCUT2D eigenvalue weighted by Gasteiger charge is 2.14. The van der Waals surface area contributed by atoms with Gasteiger partial charge in [0.05, 0.1) is 11.3 Å². The van der Waals surface area contributed by atoms with Crippen molar-refractivity contribution in [3.63, 3.8) is 0 Å². The van der Waals surface area contributed by atoms with E-state index in [0.29, 0.717) is 6.42 Å². The van der Waals surface area contributed by atoms with E-state index in [2.05, 4.69) is 5.16 Å². The van der Waals surface area contributed by atoms with Crippen LogP contribution >= 0.6 is 0 Å². The first-order chi connectivity index (χ1) is 9.52. The van der Waals surface area contributed by atoms with Crippen LogP contribution in [0.15, 0.2) is 22.7 Å². The number of aromatic nitrogens is 1. The first-order valence-electron chi connectivity index (χ1n) is 6.19.